The van der Waals surface area contributed by atoms with E-state index < -0.39 is 11.7 Å². The number of amides is 2. The zero-order chi connectivity index (χ0) is 22.3. The molecule has 2 heterocycles. The van der Waals surface area contributed by atoms with Crippen LogP contribution in [0.3, 0.4) is 0 Å². The van der Waals surface area contributed by atoms with Crippen LogP contribution >= 0.6 is 11.9 Å². The molecule has 0 bridgehead atoms. The van der Waals surface area contributed by atoms with Crippen LogP contribution in [0.4, 0.5) is 18.9 Å². The summed E-state index contributed by atoms with van der Waals surface area (Å²) in [6.07, 6.45) is 0.538. The predicted molar refractivity (Wildman–Crippen MR) is 111 cm³/mol. The van der Waals surface area contributed by atoms with Crippen molar-refractivity contribution < 1.29 is 22.8 Å². The average molecular weight is 443 g/mol. The van der Waals surface area contributed by atoms with E-state index in [0.717, 1.165) is 36.0 Å². The summed E-state index contributed by atoms with van der Waals surface area (Å²) < 4.78 is 40.2. The van der Waals surface area contributed by atoms with Gasteiger partial charge in [0, 0.05) is 36.9 Å². The second-order valence-electron chi connectivity index (χ2n) is 7.08. The van der Waals surface area contributed by atoms with Crippen LogP contribution in [0.15, 0.2) is 41.4 Å². The Morgan fingerprint density at radius 2 is 1.83 bits per heavy atom. The first kappa shape index (κ1) is 23.8. The molecule has 1 aromatic carbocycles. The quantitative estimate of drug-likeness (QED) is 0.539. The van der Waals surface area contributed by atoms with Gasteiger partial charge in [0.1, 0.15) is 5.69 Å². The smallest absolute Gasteiger partial charge is 0.364 e. The fourth-order valence-electron chi connectivity index (χ4n) is 2.88. The SMILES string of the molecule is CC1CCN(Sc2cc(C(N)=O)n(C)c2)CC1.O=CNc1ccc(C(F)(F)F)cc1. The number of halogens is 3. The van der Waals surface area contributed by atoms with Gasteiger partial charge in [0.2, 0.25) is 6.41 Å². The molecular formula is C20H25F3N4O2S. The number of aryl methyl sites for hydroxylation is 1. The molecule has 2 amide bonds. The second kappa shape index (κ2) is 10.5. The van der Waals surface area contributed by atoms with Gasteiger partial charge in [-0.2, -0.15) is 13.2 Å². The molecule has 1 saturated heterocycles. The molecule has 0 aliphatic carbocycles. The maximum absolute atomic E-state index is 12.0. The lowest BCUT2D eigenvalue weighted by Gasteiger charge is -2.28. The van der Waals surface area contributed by atoms with Crippen molar-refractivity contribution in [1.82, 2.24) is 8.87 Å². The van der Waals surface area contributed by atoms with E-state index in [2.05, 4.69) is 16.5 Å². The molecule has 1 aliphatic rings. The summed E-state index contributed by atoms with van der Waals surface area (Å²) in [4.78, 5) is 22.2. The fourth-order valence-corrected chi connectivity index (χ4v) is 3.94. The Labute approximate surface area is 177 Å². The Morgan fingerprint density at radius 1 is 1.23 bits per heavy atom. The normalized spacial score (nSPS) is 15.2. The number of nitrogens with one attached hydrogen (secondary N) is 1. The third-order valence-electron chi connectivity index (χ3n) is 4.65. The van der Waals surface area contributed by atoms with Gasteiger partial charge >= 0.3 is 6.18 Å². The molecule has 1 aliphatic heterocycles. The predicted octanol–water partition coefficient (Wildman–Crippen LogP) is 4.14. The number of rotatable bonds is 5. The van der Waals surface area contributed by atoms with Gasteiger partial charge in [-0.15, -0.1) is 0 Å². The summed E-state index contributed by atoms with van der Waals surface area (Å²) in [5.74, 6) is 0.468. The Morgan fingerprint density at radius 3 is 2.30 bits per heavy atom. The summed E-state index contributed by atoms with van der Waals surface area (Å²) in [5.41, 5.74) is 5.47. The number of carbonyl (C=O) groups excluding carboxylic acids is 2. The fraction of sp³-hybridized carbons (Fsp3) is 0.400. The van der Waals surface area contributed by atoms with Crippen LogP contribution in [0.2, 0.25) is 0 Å². The zero-order valence-electron chi connectivity index (χ0n) is 16.8. The van der Waals surface area contributed by atoms with Crippen molar-refractivity contribution in [2.24, 2.45) is 18.7 Å². The van der Waals surface area contributed by atoms with Crippen LogP contribution in [0, 0.1) is 5.92 Å². The van der Waals surface area contributed by atoms with Crippen molar-refractivity contribution in [2.75, 3.05) is 18.4 Å². The third kappa shape index (κ3) is 7.10. The topological polar surface area (TPSA) is 80.4 Å². The van der Waals surface area contributed by atoms with Gasteiger partial charge in [-0.3, -0.25) is 9.59 Å². The van der Waals surface area contributed by atoms with E-state index in [-0.39, 0.29) is 5.91 Å². The van der Waals surface area contributed by atoms with Crippen molar-refractivity contribution in [1.29, 1.82) is 0 Å². The number of aromatic nitrogens is 1. The van der Waals surface area contributed by atoms with Crippen molar-refractivity contribution >= 4 is 30.0 Å². The highest BCUT2D eigenvalue weighted by Crippen LogP contribution is 2.30. The molecule has 3 rings (SSSR count). The molecule has 10 heteroatoms. The summed E-state index contributed by atoms with van der Waals surface area (Å²) >= 11 is 1.72. The van der Waals surface area contributed by atoms with Crippen molar-refractivity contribution in [3.8, 4) is 0 Å². The number of nitrogens with zero attached hydrogens (tertiary/aromatic N) is 2. The largest absolute Gasteiger partial charge is 0.416 e. The molecule has 3 N–H and O–H groups in total. The Bertz CT molecular complexity index is 845. The van der Waals surface area contributed by atoms with E-state index in [1.807, 2.05) is 19.3 Å². The van der Waals surface area contributed by atoms with Crippen LogP contribution in [0.1, 0.15) is 35.8 Å². The average Bonchev–Trinajstić information content (AvgIpc) is 3.05. The summed E-state index contributed by atoms with van der Waals surface area (Å²) in [5, 5.41) is 2.24. The van der Waals surface area contributed by atoms with Crippen LogP contribution in [-0.4, -0.2) is 34.3 Å². The first-order valence-corrected chi connectivity index (χ1v) is 10.1. The number of nitrogens with two attached hydrogens (primary N) is 1. The van der Waals surface area contributed by atoms with Gasteiger partial charge in [-0.05, 0) is 61.0 Å². The van der Waals surface area contributed by atoms with Crippen LogP contribution in [-0.2, 0) is 18.0 Å². The van der Waals surface area contributed by atoms with Gasteiger partial charge in [-0.1, -0.05) is 6.92 Å². The van der Waals surface area contributed by atoms with Gasteiger partial charge in [0.25, 0.3) is 5.91 Å². The lowest BCUT2D eigenvalue weighted by Crippen LogP contribution is -2.27. The van der Waals surface area contributed by atoms with Gasteiger partial charge in [-0.25, -0.2) is 4.31 Å². The number of piperidine rings is 1. The molecule has 164 valence electrons. The number of hydrogen-bond acceptors (Lipinski definition) is 4. The van der Waals surface area contributed by atoms with Crippen molar-refractivity contribution in [3.63, 3.8) is 0 Å². The molecule has 6 nitrogen and oxygen atoms in total. The lowest BCUT2D eigenvalue weighted by molar-refractivity contribution is -0.137. The molecule has 0 radical (unpaired) electrons. The van der Waals surface area contributed by atoms with Crippen LogP contribution in [0.5, 0.6) is 0 Å². The van der Waals surface area contributed by atoms with E-state index in [1.165, 1.54) is 25.0 Å². The lowest BCUT2D eigenvalue weighted by atomic mass is 10.0. The summed E-state index contributed by atoms with van der Waals surface area (Å²) in [6, 6.07) is 6.07. The molecule has 1 aromatic heterocycles. The van der Waals surface area contributed by atoms with E-state index in [4.69, 9.17) is 5.73 Å². The molecular weight excluding hydrogens is 417 g/mol. The summed E-state index contributed by atoms with van der Waals surface area (Å²) in [7, 11) is 1.85. The molecule has 0 unspecified atom stereocenters. The minimum absolute atomic E-state index is 0.336. The van der Waals surface area contributed by atoms with Crippen LogP contribution in [0.25, 0.3) is 0 Å². The second-order valence-corrected chi connectivity index (χ2v) is 8.25. The Hall–Kier alpha value is -2.46. The number of benzene rings is 1. The van der Waals surface area contributed by atoms with E-state index in [0.29, 0.717) is 17.8 Å². The van der Waals surface area contributed by atoms with Crippen LogP contribution < -0.4 is 11.1 Å². The molecule has 0 atom stereocenters. The number of alkyl halides is 3. The highest BCUT2D eigenvalue weighted by atomic mass is 32.2. The van der Waals surface area contributed by atoms with E-state index >= 15 is 0 Å². The molecule has 0 saturated carbocycles. The van der Waals surface area contributed by atoms with E-state index in [1.54, 1.807) is 16.5 Å². The summed E-state index contributed by atoms with van der Waals surface area (Å²) in [6.45, 7) is 4.54. The minimum atomic E-state index is -4.33. The first-order valence-electron chi connectivity index (χ1n) is 9.36. The Balaban J connectivity index is 0.000000222. The number of primary amides is 1. The first-order chi connectivity index (χ1) is 14.1. The highest BCUT2D eigenvalue weighted by molar-refractivity contribution is 7.97. The van der Waals surface area contributed by atoms with E-state index in [9.17, 15) is 22.8 Å². The molecule has 30 heavy (non-hydrogen) atoms. The molecule has 0 spiro atoms. The maximum atomic E-state index is 12.0. The van der Waals surface area contributed by atoms with Gasteiger partial charge in [0.15, 0.2) is 0 Å². The maximum Gasteiger partial charge on any atom is 0.416 e. The minimum Gasteiger partial charge on any atom is -0.364 e. The number of carbonyl (C=O) groups is 2. The van der Waals surface area contributed by atoms with Gasteiger partial charge < -0.3 is 15.6 Å². The van der Waals surface area contributed by atoms with Crippen molar-refractivity contribution in [2.45, 2.75) is 30.8 Å². The Kier molecular flexibility index (Phi) is 8.36. The third-order valence-corrected chi connectivity index (χ3v) is 5.70. The monoisotopic (exact) mass is 442 g/mol. The zero-order valence-corrected chi connectivity index (χ0v) is 17.6. The van der Waals surface area contributed by atoms with Crippen molar-refractivity contribution in [3.05, 3.63) is 47.8 Å². The molecule has 2 aromatic rings. The molecule has 1 fully saturated rings. The number of anilines is 1. The highest BCUT2D eigenvalue weighted by Gasteiger charge is 2.29. The number of hydrogen-bond donors (Lipinski definition) is 2. The van der Waals surface area contributed by atoms with Gasteiger partial charge in [0.05, 0.1) is 5.56 Å². The standard InChI is InChI=1S/C12H19N3OS.C8H6F3NO/c1-9-3-5-15(6-4-9)17-10-7-11(12(13)16)14(2)8-10;9-8(10,11)6-1-3-7(4-2-6)12-5-13/h7-9H,3-6H2,1-2H3,(H2,13,16);1-5H,(H,12,13).